The van der Waals surface area contributed by atoms with Crippen LogP contribution in [-0.2, 0) is 10.8 Å². The van der Waals surface area contributed by atoms with Crippen molar-refractivity contribution in [1.82, 2.24) is 20.6 Å². The first-order chi connectivity index (χ1) is 45.5. The summed E-state index contributed by atoms with van der Waals surface area (Å²) < 4.78 is 13.8. The second-order valence-corrected chi connectivity index (χ2v) is 32.0. The predicted octanol–water partition coefficient (Wildman–Crippen LogP) is 30.1. The molecule has 518 valence electrons. The lowest BCUT2D eigenvalue weighted by Crippen LogP contribution is -2.27. The van der Waals surface area contributed by atoms with Gasteiger partial charge in [-0.25, -0.2) is 9.26 Å². The molecule has 2 heterocycles. The van der Waals surface area contributed by atoms with E-state index in [9.17, 15) is 0 Å². The highest BCUT2D eigenvalue weighted by molar-refractivity contribution is 14.1. The van der Waals surface area contributed by atoms with Crippen molar-refractivity contribution in [2.75, 3.05) is 0 Å². The smallest absolute Gasteiger partial charge is 0.150 e. The van der Waals surface area contributed by atoms with Gasteiger partial charge in [-0.05, 0) is 142 Å². The quantitative estimate of drug-likeness (QED) is 0.0285. The summed E-state index contributed by atoms with van der Waals surface area (Å²) >= 11 is 6.66. The van der Waals surface area contributed by atoms with Gasteiger partial charge in [0.1, 0.15) is 22.1 Å². The molecule has 0 bridgehead atoms. The number of benzene rings is 3. The van der Waals surface area contributed by atoms with Gasteiger partial charge in [0.2, 0.25) is 0 Å². The molecule has 0 fully saturated rings. The molecule has 7 rings (SSSR count). The van der Waals surface area contributed by atoms with E-state index in [1.807, 2.05) is 0 Å². The highest BCUT2D eigenvalue weighted by atomic mass is 127. The van der Waals surface area contributed by atoms with Gasteiger partial charge in [0.25, 0.3) is 0 Å². The molecule has 3 aromatic carbocycles. The van der Waals surface area contributed by atoms with Crippen LogP contribution in [0.2, 0.25) is 0 Å². The Hall–Kier alpha value is -2.33. The summed E-state index contributed by atoms with van der Waals surface area (Å²) in [7, 11) is 0. The van der Waals surface area contributed by atoms with Crippen molar-refractivity contribution in [3.63, 3.8) is 0 Å². The van der Waals surface area contributed by atoms with Gasteiger partial charge >= 0.3 is 0 Å². The minimum Gasteiger partial charge on any atom is -0.243 e. The Bertz CT molecular complexity index is 2480. The number of rotatable bonds is 60. The predicted molar refractivity (Wildman–Crippen MR) is 410 cm³/mol. The minimum absolute atomic E-state index is 0.133. The molecule has 0 N–H and O–H groups in total. The molecule has 0 saturated heterocycles. The second-order valence-electron chi connectivity index (χ2n) is 30.0. The molecule has 0 unspecified atom stereocenters. The molecule has 6 nitrogen and oxygen atoms in total. The third-order valence-corrected chi connectivity index (χ3v) is 24.0. The normalized spacial score (nSPS) is 13.7. The largest absolute Gasteiger partial charge is 0.243 e. The van der Waals surface area contributed by atoms with Crippen molar-refractivity contribution in [3.05, 3.63) is 54.6 Å². The molecule has 0 atom stereocenters. The molecule has 2 aliphatic carbocycles. The van der Waals surface area contributed by atoms with E-state index in [0.29, 0.717) is 0 Å². The summed E-state index contributed by atoms with van der Waals surface area (Å²) in [6, 6.07) is 10.5. The van der Waals surface area contributed by atoms with Crippen LogP contribution in [0.3, 0.4) is 0 Å². The molecule has 2 aromatic heterocycles. The van der Waals surface area contributed by atoms with Gasteiger partial charge in [-0.1, -0.05) is 387 Å². The van der Waals surface area contributed by atoms with E-state index in [1.165, 1.54) is 408 Å². The van der Waals surface area contributed by atoms with Crippen molar-refractivity contribution in [3.8, 4) is 22.3 Å². The Kier molecular flexibility index (Phi) is 38.5. The Morgan fingerprint density at radius 2 is 0.489 bits per heavy atom. The summed E-state index contributed by atoms with van der Waals surface area (Å²) in [5.74, 6) is 0. The maximum Gasteiger partial charge on any atom is 0.150 e. The van der Waals surface area contributed by atoms with Gasteiger partial charge in [0.05, 0.1) is 0 Å². The Morgan fingerprint density at radius 3 is 0.761 bits per heavy atom. The third kappa shape index (κ3) is 24.0. The van der Waals surface area contributed by atoms with Crippen LogP contribution in [0.15, 0.2) is 38.0 Å². The molecule has 0 amide bonds. The van der Waals surface area contributed by atoms with Gasteiger partial charge in [0.15, 0.2) is 0 Å². The fraction of sp³-hybridized carbons (Fsp3) is 0.786. The number of aromatic nitrogens is 4. The van der Waals surface area contributed by atoms with Crippen LogP contribution in [0.4, 0.5) is 0 Å². The lowest BCUT2D eigenvalue weighted by Gasteiger charge is -2.35. The number of nitrogens with zero attached hydrogens (tertiary/aromatic N) is 4. The van der Waals surface area contributed by atoms with E-state index in [4.69, 9.17) is 19.6 Å². The van der Waals surface area contributed by atoms with Gasteiger partial charge in [-0.2, -0.15) is 0 Å². The molecular formula is C84H136BrIN4O2. The molecule has 5 aromatic rings. The summed E-state index contributed by atoms with van der Waals surface area (Å²) in [6.07, 6.45) is 81.7. The number of hydrogen-bond acceptors (Lipinski definition) is 6. The Labute approximate surface area is 586 Å². The molecule has 0 spiro atoms. The van der Waals surface area contributed by atoms with E-state index in [2.05, 4.69) is 101 Å². The standard InChI is InChI=1S/C84H136BrIN4O2/c1-5-9-13-17-21-25-29-33-37-41-45-49-53-57-61-83(62-58-54-50-46-42-38-34-30-26-22-18-14-10-6-2)71-66-70-72(65-69(71)77-73(83)67-75(85)79-81(77)89-91-87-79)84(74-68-76(86)80-82(78(70)74)90-92-88-80,63-59-55-51-47-43-39-35-31-27-23-19-15-11-7-3)64-60-56-52-48-44-40-36-32-28-24-20-16-12-8-4/h65-68H,5-64H2,1-4H3. The molecule has 92 heavy (non-hydrogen) atoms. The number of unbranched alkanes of at least 4 members (excludes halogenated alkanes) is 52. The van der Waals surface area contributed by atoms with Crippen molar-refractivity contribution < 1.29 is 9.26 Å². The number of halogens is 2. The van der Waals surface area contributed by atoms with Crippen LogP contribution in [-0.4, -0.2) is 20.6 Å². The summed E-state index contributed by atoms with van der Waals surface area (Å²) in [5.41, 5.74) is 14.7. The summed E-state index contributed by atoms with van der Waals surface area (Å²) in [6.45, 7) is 9.29. The van der Waals surface area contributed by atoms with Crippen molar-refractivity contribution >= 4 is 60.6 Å². The first kappa shape index (κ1) is 77.0. The fourth-order valence-corrected chi connectivity index (χ4v) is 18.2. The topological polar surface area (TPSA) is 77.8 Å². The zero-order chi connectivity index (χ0) is 64.6. The van der Waals surface area contributed by atoms with Gasteiger partial charge in [0, 0.05) is 30.0 Å². The number of fused-ring (bicyclic) bond motifs is 10. The van der Waals surface area contributed by atoms with E-state index >= 15 is 0 Å². The number of hydrogen-bond donors (Lipinski definition) is 0. The van der Waals surface area contributed by atoms with Gasteiger partial charge < -0.3 is 0 Å². The minimum atomic E-state index is -0.150. The van der Waals surface area contributed by atoms with E-state index in [-0.39, 0.29) is 10.8 Å². The van der Waals surface area contributed by atoms with Crippen LogP contribution in [0, 0.1) is 3.57 Å². The van der Waals surface area contributed by atoms with E-state index in [1.54, 1.807) is 0 Å². The van der Waals surface area contributed by atoms with E-state index in [0.717, 1.165) is 52.2 Å². The Balaban J connectivity index is 1.14. The van der Waals surface area contributed by atoms with Crippen molar-refractivity contribution in [1.29, 1.82) is 0 Å². The Morgan fingerprint density at radius 1 is 0.272 bits per heavy atom. The van der Waals surface area contributed by atoms with Crippen LogP contribution < -0.4 is 0 Å². The lowest BCUT2D eigenvalue weighted by molar-refractivity contribution is 0.315. The highest BCUT2D eigenvalue weighted by Gasteiger charge is 2.50. The molecule has 0 radical (unpaired) electrons. The molecule has 8 heteroatoms. The first-order valence-corrected chi connectivity index (χ1v) is 42.4. The second kappa shape index (κ2) is 46.0. The van der Waals surface area contributed by atoms with Gasteiger partial charge in [-0.3, -0.25) is 0 Å². The lowest BCUT2D eigenvalue weighted by atomic mass is 9.68. The summed E-state index contributed by atoms with van der Waals surface area (Å²) in [4.78, 5) is 0. The van der Waals surface area contributed by atoms with Crippen molar-refractivity contribution in [2.24, 2.45) is 0 Å². The zero-order valence-electron chi connectivity index (χ0n) is 60.1. The molecule has 0 aliphatic heterocycles. The average molecular weight is 1440 g/mol. The summed E-state index contributed by atoms with van der Waals surface area (Å²) in [5, 5.41) is 19.0. The third-order valence-electron chi connectivity index (χ3n) is 22.6. The first-order valence-electron chi connectivity index (χ1n) is 40.6. The van der Waals surface area contributed by atoms with E-state index < -0.39 is 0 Å². The van der Waals surface area contributed by atoms with Crippen LogP contribution in [0.1, 0.15) is 435 Å². The van der Waals surface area contributed by atoms with Crippen molar-refractivity contribution in [2.45, 2.75) is 424 Å². The highest BCUT2D eigenvalue weighted by Crippen LogP contribution is 2.63. The fourth-order valence-electron chi connectivity index (χ4n) is 17.0. The van der Waals surface area contributed by atoms with Gasteiger partial charge in [-0.15, -0.1) is 0 Å². The SMILES string of the molecule is CCCCCCCCCCCCCCCCC1(CCCCCCCCCCCCCCCC)c2cc3c(cc2-c2c1cc(Br)c1nonc21)C(CCCCCCCCCCCCCCCC)(CCCCCCCCCCCCCCCC)c1cc(I)c2nonc2c1-3. The molecule has 0 saturated carbocycles. The van der Waals surface area contributed by atoms with Crippen LogP contribution in [0.25, 0.3) is 44.3 Å². The maximum absolute atomic E-state index is 5.80. The van der Waals surface area contributed by atoms with Crippen LogP contribution in [0.5, 0.6) is 0 Å². The average Bonchev–Trinajstić information content (AvgIpc) is 1.52. The monoisotopic (exact) mass is 1440 g/mol. The molecular weight excluding hydrogens is 1300 g/mol. The van der Waals surface area contributed by atoms with Crippen LogP contribution >= 0.6 is 38.5 Å². The zero-order valence-corrected chi connectivity index (χ0v) is 63.8. The molecule has 2 aliphatic rings. The maximum atomic E-state index is 5.80.